The molecule has 1 heterocycles. The molecule has 3 N–H and O–H groups in total. The molecule has 2 aromatic rings. The highest BCUT2D eigenvalue weighted by molar-refractivity contribution is 5.91. The van der Waals surface area contributed by atoms with E-state index in [1.54, 1.807) is 18.2 Å². The molecular weight excluding hydrogens is 235 g/mol. The van der Waals surface area contributed by atoms with Crippen molar-refractivity contribution >= 4 is 11.7 Å². The van der Waals surface area contributed by atoms with Gasteiger partial charge in [-0.05, 0) is 35.7 Å². The zero-order valence-electron chi connectivity index (χ0n) is 9.43. The third-order valence-corrected chi connectivity index (χ3v) is 2.50. The molecule has 0 aliphatic rings. The van der Waals surface area contributed by atoms with E-state index in [1.807, 2.05) is 0 Å². The maximum Gasteiger partial charge on any atom is 0.356 e. The Kier molecular flexibility index (Phi) is 3.23. The smallest absolute Gasteiger partial charge is 0.356 e. The van der Waals surface area contributed by atoms with Gasteiger partial charge in [0.15, 0.2) is 5.69 Å². The number of aromatic carboxylic acids is 1. The summed E-state index contributed by atoms with van der Waals surface area (Å²) in [5, 5.41) is 8.79. The van der Waals surface area contributed by atoms with E-state index >= 15 is 0 Å². The minimum Gasteiger partial charge on any atom is -0.476 e. The molecular formula is C13H11FN2O2. The first kappa shape index (κ1) is 12.0. The van der Waals surface area contributed by atoms with Gasteiger partial charge in [-0.15, -0.1) is 0 Å². The molecule has 0 saturated heterocycles. The third-order valence-electron chi connectivity index (χ3n) is 2.50. The van der Waals surface area contributed by atoms with E-state index < -0.39 is 5.97 Å². The Morgan fingerprint density at radius 2 is 1.94 bits per heavy atom. The molecule has 0 unspecified atom stereocenters. The molecule has 5 heteroatoms. The highest BCUT2D eigenvalue weighted by Crippen LogP contribution is 2.15. The summed E-state index contributed by atoms with van der Waals surface area (Å²) in [6.45, 7) is 0. The van der Waals surface area contributed by atoms with Crippen molar-refractivity contribution in [1.82, 2.24) is 4.98 Å². The van der Waals surface area contributed by atoms with Crippen LogP contribution in [-0.4, -0.2) is 16.1 Å². The fourth-order valence-corrected chi connectivity index (χ4v) is 1.64. The standard InChI is InChI=1S/C13H11FN2O2/c14-10-3-1-8(2-4-10)5-9-6-11(15)12(13(17)18)16-7-9/h1-4,6-7H,5,15H2,(H,17,18). The summed E-state index contributed by atoms with van der Waals surface area (Å²) in [4.78, 5) is 14.5. The number of hydrogen-bond acceptors (Lipinski definition) is 3. The molecule has 0 aliphatic carbocycles. The van der Waals surface area contributed by atoms with Gasteiger partial charge < -0.3 is 10.8 Å². The van der Waals surface area contributed by atoms with Gasteiger partial charge in [0.05, 0.1) is 5.69 Å². The first-order valence-corrected chi connectivity index (χ1v) is 5.28. The lowest BCUT2D eigenvalue weighted by molar-refractivity contribution is 0.0692. The van der Waals surface area contributed by atoms with Gasteiger partial charge in [0.25, 0.3) is 0 Å². The maximum absolute atomic E-state index is 12.7. The lowest BCUT2D eigenvalue weighted by Gasteiger charge is -2.05. The number of halogens is 1. The van der Waals surface area contributed by atoms with Crippen LogP contribution in [0.25, 0.3) is 0 Å². The molecule has 4 nitrogen and oxygen atoms in total. The Balaban J connectivity index is 2.22. The van der Waals surface area contributed by atoms with Crippen molar-refractivity contribution in [1.29, 1.82) is 0 Å². The topological polar surface area (TPSA) is 76.2 Å². The minimum atomic E-state index is -1.15. The first-order chi connectivity index (χ1) is 8.56. The van der Waals surface area contributed by atoms with Gasteiger partial charge in [-0.1, -0.05) is 12.1 Å². The number of nitrogens with two attached hydrogens (primary N) is 1. The number of anilines is 1. The summed E-state index contributed by atoms with van der Waals surface area (Å²) in [6, 6.07) is 7.64. The highest BCUT2D eigenvalue weighted by atomic mass is 19.1. The average Bonchev–Trinajstić information content (AvgIpc) is 2.32. The van der Waals surface area contributed by atoms with Crippen LogP contribution in [0, 0.1) is 5.82 Å². The van der Waals surface area contributed by atoms with Crippen LogP contribution in [-0.2, 0) is 6.42 Å². The van der Waals surface area contributed by atoms with Crippen molar-refractivity contribution < 1.29 is 14.3 Å². The number of carboxylic acids is 1. The molecule has 2 rings (SSSR count). The van der Waals surface area contributed by atoms with E-state index in [9.17, 15) is 9.18 Å². The van der Waals surface area contributed by atoms with Crippen LogP contribution in [0.5, 0.6) is 0 Å². The monoisotopic (exact) mass is 246 g/mol. The van der Waals surface area contributed by atoms with Gasteiger partial charge in [-0.3, -0.25) is 0 Å². The van der Waals surface area contributed by atoms with E-state index in [1.165, 1.54) is 18.3 Å². The van der Waals surface area contributed by atoms with Gasteiger partial charge >= 0.3 is 5.97 Å². The van der Waals surface area contributed by atoms with E-state index in [0.29, 0.717) is 6.42 Å². The number of pyridine rings is 1. The van der Waals surface area contributed by atoms with E-state index in [0.717, 1.165) is 11.1 Å². The SMILES string of the molecule is Nc1cc(Cc2ccc(F)cc2)cnc1C(=O)O. The van der Waals surface area contributed by atoms with Crippen molar-refractivity contribution in [2.75, 3.05) is 5.73 Å². The van der Waals surface area contributed by atoms with Gasteiger partial charge in [0.1, 0.15) is 5.82 Å². The predicted molar refractivity (Wildman–Crippen MR) is 64.8 cm³/mol. The van der Waals surface area contributed by atoms with Crippen molar-refractivity contribution in [2.24, 2.45) is 0 Å². The number of carbonyl (C=O) groups is 1. The third kappa shape index (κ3) is 2.63. The summed E-state index contributed by atoms with van der Waals surface area (Å²) in [6.07, 6.45) is 1.99. The van der Waals surface area contributed by atoms with Gasteiger partial charge in [-0.25, -0.2) is 14.2 Å². The molecule has 0 atom stereocenters. The van der Waals surface area contributed by atoms with Gasteiger partial charge in [0, 0.05) is 6.20 Å². The molecule has 0 radical (unpaired) electrons. The second-order valence-electron chi connectivity index (χ2n) is 3.89. The van der Waals surface area contributed by atoms with Gasteiger partial charge in [-0.2, -0.15) is 0 Å². The first-order valence-electron chi connectivity index (χ1n) is 5.28. The molecule has 0 saturated carbocycles. The second kappa shape index (κ2) is 4.83. The zero-order valence-corrected chi connectivity index (χ0v) is 9.43. The quantitative estimate of drug-likeness (QED) is 0.869. The van der Waals surface area contributed by atoms with Crippen molar-refractivity contribution in [3.05, 3.63) is 59.2 Å². The van der Waals surface area contributed by atoms with E-state index in [-0.39, 0.29) is 17.2 Å². The second-order valence-corrected chi connectivity index (χ2v) is 3.89. The van der Waals surface area contributed by atoms with Crippen LogP contribution in [0.3, 0.4) is 0 Å². The fourth-order valence-electron chi connectivity index (χ4n) is 1.64. The Labute approximate surface area is 103 Å². The van der Waals surface area contributed by atoms with Crippen LogP contribution in [0.4, 0.5) is 10.1 Å². The number of hydrogen-bond donors (Lipinski definition) is 2. The number of rotatable bonds is 3. The normalized spacial score (nSPS) is 10.3. The number of benzene rings is 1. The summed E-state index contributed by atoms with van der Waals surface area (Å²) < 4.78 is 12.7. The summed E-state index contributed by atoms with van der Waals surface area (Å²) >= 11 is 0. The van der Waals surface area contributed by atoms with Crippen LogP contribution in [0.1, 0.15) is 21.6 Å². The predicted octanol–water partition coefficient (Wildman–Crippen LogP) is 2.09. The Morgan fingerprint density at radius 1 is 1.28 bits per heavy atom. The van der Waals surface area contributed by atoms with Crippen LogP contribution >= 0.6 is 0 Å². The number of aromatic nitrogens is 1. The van der Waals surface area contributed by atoms with Crippen molar-refractivity contribution in [2.45, 2.75) is 6.42 Å². The lowest BCUT2D eigenvalue weighted by atomic mass is 10.1. The lowest BCUT2D eigenvalue weighted by Crippen LogP contribution is -2.06. The number of carboxylic acid groups (broad SMARTS) is 1. The molecule has 1 aromatic heterocycles. The number of nitrogen functional groups attached to an aromatic ring is 1. The molecule has 0 fully saturated rings. The number of nitrogens with zero attached hydrogens (tertiary/aromatic N) is 1. The average molecular weight is 246 g/mol. The molecule has 0 bridgehead atoms. The molecule has 0 aliphatic heterocycles. The molecule has 18 heavy (non-hydrogen) atoms. The molecule has 92 valence electrons. The van der Waals surface area contributed by atoms with E-state index in [4.69, 9.17) is 10.8 Å². The molecule has 1 aromatic carbocycles. The van der Waals surface area contributed by atoms with Crippen molar-refractivity contribution in [3.8, 4) is 0 Å². The van der Waals surface area contributed by atoms with Crippen LogP contribution < -0.4 is 5.73 Å². The highest BCUT2D eigenvalue weighted by Gasteiger charge is 2.10. The van der Waals surface area contributed by atoms with E-state index in [2.05, 4.69) is 4.98 Å². The minimum absolute atomic E-state index is 0.127. The van der Waals surface area contributed by atoms with Crippen LogP contribution in [0.2, 0.25) is 0 Å². The van der Waals surface area contributed by atoms with Crippen LogP contribution in [0.15, 0.2) is 36.5 Å². The Bertz CT molecular complexity index is 582. The van der Waals surface area contributed by atoms with Crippen molar-refractivity contribution in [3.63, 3.8) is 0 Å². The fraction of sp³-hybridized carbons (Fsp3) is 0.0769. The molecule has 0 amide bonds. The Hall–Kier alpha value is -2.43. The largest absolute Gasteiger partial charge is 0.476 e. The summed E-state index contributed by atoms with van der Waals surface area (Å²) in [7, 11) is 0. The summed E-state index contributed by atoms with van der Waals surface area (Å²) in [5.74, 6) is -1.45. The molecule has 0 spiro atoms. The zero-order chi connectivity index (χ0) is 13.1. The van der Waals surface area contributed by atoms with Gasteiger partial charge in [0.2, 0.25) is 0 Å². The Morgan fingerprint density at radius 3 is 2.50 bits per heavy atom. The summed E-state index contributed by atoms with van der Waals surface area (Å²) in [5.41, 5.74) is 7.25. The maximum atomic E-state index is 12.7.